The number of nitrogens with zero attached hydrogens (tertiary/aromatic N) is 2. The van der Waals surface area contributed by atoms with E-state index < -0.39 is 109 Å². The molecule has 2 amide bonds. The maximum Gasteiger partial charge on any atom is 0.332 e. The topological polar surface area (TPSA) is 254 Å². The van der Waals surface area contributed by atoms with Crippen molar-refractivity contribution < 1.29 is 71.8 Å². The third-order valence-corrected chi connectivity index (χ3v) is 11.4. The lowest BCUT2D eigenvalue weighted by Gasteiger charge is -2.29. The summed E-state index contributed by atoms with van der Waals surface area (Å²) in [5.74, 6) is -6.27. The lowest BCUT2D eigenvalue weighted by Crippen LogP contribution is -2.47. The van der Waals surface area contributed by atoms with E-state index in [9.17, 15) is 38.7 Å². The van der Waals surface area contributed by atoms with Crippen molar-refractivity contribution in [2.45, 2.75) is 90.9 Å². The molecule has 0 unspecified atom stereocenters. The number of pyridine rings is 2. The molecule has 19 heteroatoms. The minimum Gasteiger partial charge on any atom is -0.496 e. The molecular weight excluding hydrogens is 897 g/mol. The number of rotatable bonds is 12. The number of ether oxygens (including phenoxy) is 7. The van der Waals surface area contributed by atoms with Crippen LogP contribution in [0, 0.1) is 31.6 Å². The number of aromatic nitrogens is 2. The molecule has 4 heterocycles. The molecule has 4 aromatic rings. The van der Waals surface area contributed by atoms with Crippen LogP contribution >= 0.6 is 0 Å². The zero-order valence-electron chi connectivity index (χ0n) is 39.7. The second kappa shape index (κ2) is 24.6. The first-order chi connectivity index (χ1) is 32.9. The highest BCUT2D eigenvalue weighted by molar-refractivity contribution is 5.98. The standard InChI is InChI=1S/C27H32N2O8.C23H26N2O7/c1-15(2)25(31)37-23-17(4)36-27(33)20(29-24(30)22-16(3)21(34-5)11-12-28-22)14-35-26(32)19(23)13-18-9-7-6-8-10-18;1-13-18(30-3)9-10-24-19(13)21(27)25-17-12-31-22(28)16(11-15-7-5-4-6-8-15)20(26)14(2)32-23(17)29/h6-12,15,17,19-20,23H,13-14H2,1-5H3,(H,29,30);4-10,14,16-17,20,26H,11-12H2,1-3H3,(H,25,27)/t17-,19+,20-,23-;14-,16+,17-,20-/m00/s1. The van der Waals surface area contributed by atoms with Gasteiger partial charge in [-0.25, -0.2) is 9.59 Å². The van der Waals surface area contributed by atoms with Gasteiger partial charge in [0.25, 0.3) is 11.8 Å². The minimum atomic E-state index is -1.30. The number of hydrogen-bond acceptors (Lipinski definition) is 17. The number of hydrogen-bond donors (Lipinski definition) is 3. The van der Waals surface area contributed by atoms with E-state index >= 15 is 0 Å². The number of nitrogens with one attached hydrogen (secondary N) is 2. The predicted molar refractivity (Wildman–Crippen MR) is 245 cm³/mol. The fourth-order valence-electron chi connectivity index (χ4n) is 7.45. The van der Waals surface area contributed by atoms with Crippen molar-refractivity contribution in [3.05, 3.63) is 119 Å². The number of benzene rings is 2. The molecule has 6 rings (SSSR count). The van der Waals surface area contributed by atoms with E-state index in [4.69, 9.17) is 33.2 Å². The molecular formula is C50H58N4O15. The zero-order valence-corrected chi connectivity index (χ0v) is 39.7. The zero-order chi connectivity index (χ0) is 50.4. The number of amides is 2. The third-order valence-electron chi connectivity index (χ3n) is 11.4. The average molecular weight is 955 g/mol. The Morgan fingerprint density at radius 3 is 1.51 bits per heavy atom. The van der Waals surface area contributed by atoms with E-state index in [0.29, 0.717) is 22.6 Å². The van der Waals surface area contributed by atoms with E-state index in [2.05, 4.69) is 20.6 Å². The van der Waals surface area contributed by atoms with E-state index in [1.807, 2.05) is 60.7 Å². The lowest BCUT2D eigenvalue weighted by molar-refractivity contribution is -0.176. The van der Waals surface area contributed by atoms with Crippen LogP contribution < -0.4 is 20.1 Å². The molecule has 0 aliphatic carbocycles. The molecule has 0 spiro atoms. The summed E-state index contributed by atoms with van der Waals surface area (Å²) in [6.07, 6.45) is -1.12. The van der Waals surface area contributed by atoms with Crippen LogP contribution in [-0.2, 0) is 60.5 Å². The molecule has 69 heavy (non-hydrogen) atoms. The van der Waals surface area contributed by atoms with Crippen molar-refractivity contribution in [3.63, 3.8) is 0 Å². The highest BCUT2D eigenvalue weighted by Gasteiger charge is 2.43. The summed E-state index contributed by atoms with van der Waals surface area (Å²) in [7, 11) is 2.94. The molecule has 2 aromatic carbocycles. The minimum absolute atomic E-state index is 0.0529. The van der Waals surface area contributed by atoms with E-state index in [1.54, 1.807) is 46.8 Å². The summed E-state index contributed by atoms with van der Waals surface area (Å²) < 4.78 is 37.8. The van der Waals surface area contributed by atoms with Gasteiger partial charge in [0.05, 0.1) is 26.1 Å². The summed E-state index contributed by atoms with van der Waals surface area (Å²) in [5.41, 5.74) is 2.74. The van der Waals surface area contributed by atoms with Crippen LogP contribution in [0.5, 0.6) is 11.5 Å². The average Bonchev–Trinajstić information content (AvgIpc) is 3.39. The summed E-state index contributed by atoms with van der Waals surface area (Å²) in [4.78, 5) is 97.9. The summed E-state index contributed by atoms with van der Waals surface area (Å²) in [6, 6.07) is 19.0. The Morgan fingerprint density at radius 1 is 0.652 bits per heavy atom. The fraction of sp³-hybridized carbons (Fsp3) is 0.420. The van der Waals surface area contributed by atoms with E-state index in [0.717, 1.165) is 11.1 Å². The Labute approximate surface area is 399 Å². The number of aliphatic hydroxyl groups is 1. The summed E-state index contributed by atoms with van der Waals surface area (Å²) >= 11 is 0. The van der Waals surface area contributed by atoms with Crippen LogP contribution in [0.4, 0.5) is 0 Å². The SMILES string of the molecule is COc1ccnc(C(=O)N[C@H]2COC(=O)[C@H](Cc3ccccc3)[C@@H](O)[C@H](C)OC2=O)c1C.COc1ccnc(C(=O)N[C@H]2COC(=O)[C@H](Cc3ccccc3)[C@@H](OC(=O)C(C)C)[C@H](C)OC2=O)c1C. The normalized spacial score (nSPS) is 22.9. The number of cyclic esters (lactones) is 4. The van der Waals surface area contributed by atoms with Crippen molar-refractivity contribution in [1.29, 1.82) is 0 Å². The van der Waals surface area contributed by atoms with Gasteiger partial charge in [0.15, 0.2) is 18.2 Å². The first-order valence-corrected chi connectivity index (χ1v) is 22.2. The van der Waals surface area contributed by atoms with E-state index in [-0.39, 0.29) is 24.2 Å². The first kappa shape index (κ1) is 52.6. The fourth-order valence-corrected chi connectivity index (χ4v) is 7.45. The molecule has 0 radical (unpaired) electrons. The Bertz CT molecular complexity index is 2450. The number of aliphatic hydroxyl groups excluding tert-OH is 1. The van der Waals surface area contributed by atoms with Gasteiger partial charge in [-0.15, -0.1) is 0 Å². The monoisotopic (exact) mass is 954 g/mol. The van der Waals surface area contributed by atoms with Gasteiger partial charge in [-0.3, -0.25) is 33.9 Å². The van der Waals surface area contributed by atoms with Gasteiger partial charge in [-0.2, -0.15) is 0 Å². The second-order valence-electron chi connectivity index (χ2n) is 16.7. The predicted octanol–water partition coefficient (Wildman–Crippen LogP) is 3.62. The molecule has 0 bridgehead atoms. The van der Waals surface area contributed by atoms with Crippen LogP contribution in [-0.4, -0.2) is 121 Å². The quantitative estimate of drug-likeness (QED) is 0.135. The number of carbonyl (C=O) groups excluding carboxylic acids is 7. The molecule has 2 aliphatic heterocycles. The van der Waals surface area contributed by atoms with Gasteiger partial charge in [0.2, 0.25) is 0 Å². The van der Waals surface area contributed by atoms with Gasteiger partial charge in [0.1, 0.15) is 60.3 Å². The van der Waals surface area contributed by atoms with Crippen molar-refractivity contribution in [1.82, 2.24) is 20.6 Å². The maximum atomic E-state index is 13.3. The van der Waals surface area contributed by atoms with Crippen LogP contribution in [0.1, 0.15) is 70.9 Å². The lowest BCUT2D eigenvalue weighted by atomic mass is 9.91. The molecule has 2 fully saturated rings. The summed E-state index contributed by atoms with van der Waals surface area (Å²) in [5, 5.41) is 15.7. The van der Waals surface area contributed by atoms with Gasteiger partial charge in [0, 0.05) is 23.5 Å². The molecule has 3 N–H and O–H groups in total. The van der Waals surface area contributed by atoms with Gasteiger partial charge < -0.3 is 48.9 Å². The Morgan fingerprint density at radius 2 is 1.07 bits per heavy atom. The summed E-state index contributed by atoms with van der Waals surface area (Å²) in [6.45, 7) is 8.79. The maximum absolute atomic E-state index is 13.3. The van der Waals surface area contributed by atoms with Crippen molar-refractivity contribution in [3.8, 4) is 11.5 Å². The van der Waals surface area contributed by atoms with Crippen LogP contribution in [0.2, 0.25) is 0 Å². The molecule has 2 saturated heterocycles. The van der Waals surface area contributed by atoms with Gasteiger partial charge in [-0.1, -0.05) is 74.5 Å². The highest BCUT2D eigenvalue weighted by atomic mass is 16.6. The molecule has 0 saturated carbocycles. The largest absolute Gasteiger partial charge is 0.496 e. The van der Waals surface area contributed by atoms with Crippen molar-refractivity contribution in [2.24, 2.45) is 17.8 Å². The first-order valence-electron chi connectivity index (χ1n) is 22.2. The number of esters is 5. The molecule has 8 atom stereocenters. The second-order valence-corrected chi connectivity index (χ2v) is 16.7. The van der Waals surface area contributed by atoms with Crippen LogP contribution in [0.3, 0.4) is 0 Å². The number of carbonyl (C=O) groups is 7. The van der Waals surface area contributed by atoms with Gasteiger partial charge >= 0.3 is 29.8 Å². The van der Waals surface area contributed by atoms with Gasteiger partial charge in [-0.05, 0) is 63.8 Å². The van der Waals surface area contributed by atoms with Crippen LogP contribution in [0.15, 0.2) is 85.2 Å². The molecule has 2 aliphatic rings. The van der Waals surface area contributed by atoms with Crippen LogP contribution in [0.25, 0.3) is 0 Å². The molecule has 19 nitrogen and oxygen atoms in total. The number of methoxy groups -OCH3 is 2. The molecule has 2 aromatic heterocycles. The van der Waals surface area contributed by atoms with Crippen molar-refractivity contribution >= 4 is 41.7 Å². The Kier molecular flexibility index (Phi) is 18.7. The Hall–Kier alpha value is -7.41. The van der Waals surface area contributed by atoms with Crippen molar-refractivity contribution in [2.75, 3.05) is 27.4 Å². The van der Waals surface area contributed by atoms with E-state index in [1.165, 1.54) is 33.5 Å². The molecule has 368 valence electrons. The highest BCUT2D eigenvalue weighted by Crippen LogP contribution is 2.26. The smallest absolute Gasteiger partial charge is 0.332 e. The third kappa shape index (κ3) is 13.8. The Balaban J connectivity index is 0.000000260.